The fourth-order valence-electron chi connectivity index (χ4n) is 2.25. The molecule has 1 atom stereocenters. The van der Waals surface area contributed by atoms with Crippen molar-refractivity contribution in [2.75, 3.05) is 5.75 Å². The summed E-state index contributed by atoms with van der Waals surface area (Å²) in [7, 11) is 0. The lowest BCUT2D eigenvalue weighted by Gasteiger charge is -2.27. The van der Waals surface area contributed by atoms with Crippen LogP contribution >= 0.6 is 11.8 Å². The van der Waals surface area contributed by atoms with Gasteiger partial charge in [-0.1, -0.05) is 58.5 Å². The van der Waals surface area contributed by atoms with Gasteiger partial charge >= 0.3 is 0 Å². The normalized spacial score (nSPS) is 13.9. The summed E-state index contributed by atoms with van der Waals surface area (Å²) >= 11 is 1.15. The number of carbonyl (C=O) groups excluding carboxylic acids is 1. The maximum absolute atomic E-state index is 12.1. The van der Waals surface area contributed by atoms with Crippen molar-refractivity contribution in [3.05, 3.63) is 29.8 Å². The third-order valence-corrected chi connectivity index (χ3v) is 5.34. The van der Waals surface area contributed by atoms with E-state index in [1.807, 2.05) is 26.0 Å². The molecule has 1 aromatic heterocycles. The Balaban J connectivity index is 1.98. The first-order valence-electron chi connectivity index (χ1n) is 8.84. The number of carbonyl (C=O) groups is 1. The molecule has 0 radical (unpaired) electrons. The van der Waals surface area contributed by atoms with Crippen LogP contribution in [0.5, 0.6) is 0 Å². The van der Waals surface area contributed by atoms with Crippen LogP contribution in [0.25, 0.3) is 11.5 Å². The molecule has 0 saturated carbocycles. The number of benzene rings is 1. The number of hydrogen-bond donors (Lipinski definition) is 1. The zero-order valence-corrected chi connectivity index (χ0v) is 17.5. The Kier molecular flexibility index (Phi) is 6.32. The quantitative estimate of drug-likeness (QED) is 0.749. The molecule has 27 heavy (non-hydrogen) atoms. The molecule has 0 spiro atoms. The lowest BCUT2D eigenvalue weighted by atomic mass is 9.87. The van der Waals surface area contributed by atoms with Crippen LogP contribution in [-0.2, 0) is 10.2 Å². The van der Waals surface area contributed by atoms with Gasteiger partial charge in [-0.3, -0.25) is 4.79 Å². The standard InChI is InChI=1S/C20H26N4O2S/c1-13(2)20(6,12-21)22-16(25)11-27-18-24-23-17(26-18)14-7-9-15(10-8-14)19(3,4)5/h7-10,13H,11H2,1-6H3,(H,22,25)/t20-/m1/s1. The molecule has 0 aliphatic heterocycles. The highest BCUT2D eigenvalue weighted by Crippen LogP contribution is 2.27. The summed E-state index contributed by atoms with van der Waals surface area (Å²) in [5, 5.41) is 20.4. The summed E-state index contributed by atoms with van der Waals surface area (Å²) < 4.78 is 5.65. The molecule has 6 nitrogen and oxygen atoms in total. The van der Waals surface area contributed by atoms with Crippen molar-refractivity contribution < 1.29 is 9.21 Å². The van der Waals surface area contributed by atoms with Crippen LogP contribution in [0.4, 0.5) is 0 Å². The maximum Gasteiger partial charge on any atom is 0.277 e. The molecule has 0 aliphatic rings. The van der Waals surface area contributed by atoms with Gasteiger partial charge in [0.05, 0.1) is 11.8 Å². The lowest BCUT2D eigenvalue weighted by molar-refractivity contribution is -0.120. The number of aromatic nitrogens is 2. The third-order valence-electron chi connectivity index (χ3n) is 4.52. The summed E-state index contributed by atoms with van der Waals surface area (Å²) in [6, 6.07) is 10.2. The van der Waals surface area contributed by atoms with Gasteiger partial charge in [-0.2, -0.15) is 5.26 Å². The molecule has 144 valence electrons. The molecule has 2 aromatic rings. The Bertz CT molecular complexity index is 831. The van der Waals surface area contributed by atoms with Gasteiger partial charge in [-0.15, -0.1) is 10.2 Å². The van der Waals surface area contributed by atoms with Gasteiger partial charge in [-0.05, 0) is 36.0 Å². The molecular formula is C20H26N4O2S. The van der Waals surface area contributed by atoms with E-state index < -0.39 is 5.54 Å². The second kappa shape index (κ2) is 8.13. The fraction of sp³-hybridized carbons (Fsp3) is 0.500. The second-order valence-electron chi connectivity index (χ2n) is 8.01. The summed E-state index contributed by atoms with van der Waals surface area (Å²) in [6.07, 6.45) is 0. The summed E-state index contributed by atoms with van der Waals surface area (Å²) in [6.45, 7) is 12.0. The maximum atomic E-state index is 12.1. The first kappa shape index (κ1) is 21.0. The van der Waals surface area contributed by atoms with Crippen molar-refractivity contribution in [1.82, 2.24) is 15.5 Å². The SMILES string of the molecule is CC(C)[C@@](C)(C#N)NC(=O)CSc1nnc(-c2ccc(C(C)(C)C)cc2)o1. The van der Waals surface area contributed by atoms with Crippen LogP contribution in [0.3, 0.4) is 0 Å². The number of thioether (sulfide) groups is 1. The highest BCUT2D eigenvalue weighted by atomic mass is 32.2. The number of rotatable bonds is 6. The first-order chi connectivity index (χ1) is 12.5. The van der Waals surface area contributed by atoms with Gasteiger partial charge in [0, 0.05) is 5.56 Å². The Hall–Kier alpha value is -2.33. The molecule has 0 fully saturated rings. The van der Waals surface area contributed by atoms with E-state index in [2.05, 4.69) is 54.5 Å². The van der Waals surface area contributed by atoms with Crippen molar-refractivity contribution in [2.24, 2.45) is 5.92 Å². The number of amides is 1. The molecule has 7 heteroatoms. The predicted octanol–water partition coefficient (Wildman–Crippen LogP) is 4.18. The van der Waals surface area contributed by atoms with Gasteiger partial charge in [0.25, 0.3) is 5.22 Å². The van der Waals surface area contributed by atoms with Crippen molar-refractivity contribution in [2.45, 2.75) is 57.7 Å². The zero-order chi connectivity index (χ0) is 20.2. The molecule has 0 saturated heterocycles. The summed E-state index contributed by atoms with van der Waals surface area (Å²) in [5.41, 5.74) is 1.24. The Morgan fingerprint density at radius 2 is 1.85 bits per heavy atom. The monoisotopic (exact) mass is 386 g/mol. The molecule has 0 bridgehead atoms. The number of nitrogens with zero attached hydrogens (tertiary/aromatic N) is 3. The van der Waals surface area contributed by atoms with E-state index in [9.17, 15) is 10.1 Å². The molecule has 1 amide bonds. The predicted molar refractivity (Wildman–Crippen MR) is 106 cm³/mol. The lowest BCUT2D eigenvalue weighted by Crippen LogP contribution is -2.49. The van der Waals surface area contributed by atoms with Gasteiger partial charge in [-0.25, -0.2) is 0 Å². The van der Waals surface area contributed by atoms with Crippen molar-refractivity contribution in [3.8, 4) is 17.5 Å². The molecule has 0 unspecified atom stereocenters. The second-order valence-corrected chi connectivity index (χ2v) is 8.93. The van der Waals surface area contributed by atoms with E-state index in [4.69, 9.17) is 4.42 Å². The average molecular weight is 387 g/mol. The molecule has 1 heterocycles. The average Bonchev–Trinajstić information content (AvgIpc) is 3.08. The Morgan fingerprint density at radius 1 is 1.22 bits per heavy atom. The molecule has 2 rings (SSSR count). The van der Waals surface area contributed by atoms with Crippen LogP contribution in [0.15, 0.2) is 33.9 Å². The van der Waals surface area contributed by atoms with E-state index in [0.717, 1.165) is 17.3 Å². The smallest absolute Gasteiger partial charge is 0.277 e. The van der Waals surface area contributed by atoms with Crippen molar-refractivity contribution in [3.63, 3.8) is 0 Å². The minimum atomic E-state index is -0.896. The molecule has 1 N–H and O–H groups in total. The van der Waals surface area contributed by atoms with Gasteiger partial charge < -0.3 is 9.73 Å². The highest BCUT2D eigenvalue weighted by Gasteiger charge is 2.30. The van der Waals surface area contributed by atoms with Gasteiger partial charge in [0.15, 0.2) is 0 Å². The topological polar surface area (TPSA) is 91.8 Å². The Morgan fingerprint density at radius 3 is 2.37 bits per heavy atom. The third kappa shape index (κ3) is 5.33. The number of hydrogen-bond acceptors (Lipinski definition) is 6. The molecular weight excluding hydrogens is 360 g/mol. The summed E-state index contributed by atoms with van der Waals surface area (Å²) in [5.74, 6) is 0.283. The van der Waals surface area contributed by atoms with E-state index in [0.29, 0.717) is 11.1 Å². The van der Waals surface area contributed by atoms with Crippen molar-refractivity contribution in [1.29, 1.82) is 5.26 Å². The zero-order valence-electron chi connectivity index (χ0n) is 16.7. The summed E-state index contributed by atoms with van der Waals surface area (Å²) in [4.78, 5) is 12.1. The number of nitrogens with one attached hydrogen (secondary N) is 1. The van der Waals surface area contributed by atoms with E-state index in [-0.39, 0.29) is 23.0 Å². The first-order valence-corrected chi connectivity index (χ1v) is 9.83. The van der Waals surface area contributed by atoms with E-state index in [1.165, 1.54) is 5.56 Å². The largest absolute Gasteiger partial charge is 0.411 e. The number of nitriles is 1. The molecule has 1 aromatic carbocycles. The minimum absolute atomic E-state index is 0.00234. The Labute approximate surface area is 164 Å². The van der Waals surface area contributed by atoms with Crippen LogP contribution in [0.2, 0.25) is 0 Å². The van der Waals surface area contributed by atoms with Crippen molar-refractivity contribution >= 4 is 17.7 Å². The van der Waals surface area contributed by atoms with Gasteiger partial charge in [0.2, 0.25) is 11.8 Å². The molecule has 0 aliphatic carbocycles. The van der Waals surface area contributed by atoms with E-state index >= 15 is 0 Å². The van der Waals surface area contributed by atoms with E-state index in [1.54, 1.807) is 6.92 Å². The van der Waals surface area contributed by atoms with Crippen LogP contribution in [0.1, 0.15) is 47.1 Å². The van der Waals surface area contributed by atoms with Gasteiger partial charge in [0.1, 0.15) is 5.54 Å². The fourth-order valence-corrected chi connectivity index (χ4v) is 2.82. The highest BCUT2D eigenvalue weighted by molar-refractivity contribution is 7.99. The van der Waals surface area contributed by atoms with Crippen LogP contribution in [-0.4, -0.2) is 27.4 Å². The minimum Gasteiger partial charge on any atom is -0.411 e. The van der Waals surface area contributed by atoms with Crippen LogP contribution < -0.4 is 5.32 Å². The van der Waals surface area contributed by atoms with Crippen LogP contribution in [0, 0.1) is 17.2 Å².